The zero-order valence-electron chi connectivity index (χ0n) is 17.9. The van der Waals surface area contributed by atoms with E-state index in [2.05, 4.69) is 46.0 Å². The normalized spacial score (nSPS) is 16.2. The van der Waals surface area contributed by atoms with Gasteiger partial charge in [-0.3, -0.25) is 14.6 Å². The van der Waals surface area contributed by atoms with Gasteiger partial charge in [0.25, 0.3) is 0 Å². The van der Waals surface area contributed by atoms with Gasteiger partial charge in [0.1, 0.15) is 0 Å². The van der Waals surface area contributed by atoms with Gasteiger partial charge < -0.3 is 9.72 Å². The summed E-state index contributed by atoms with van der Waals surface area (Å²) in [7, 11) is 0. The molecule has 1 fully saturated rings. The Hall–Kier alpha value is -2.47. The number of aryl methyl sites for hydroxylation is 1. The van der Waals surface area contributed by atoms with Gasteiger partial charge in [0, 0.05) is 54.4 Å². The molecule has 0 saturated carbocycles. The van der Waals surface area contributed by atoms with E-state index in [1.54, 1.807) is 0 Å². The third-order valence-corrected chi connectivity index (χ3v) is 6.00. The number of ketones is 1. The van der Waals surface area contributed by atoms with Crippen LogP contribution < -0.4 is 0 Å². The van der Waals surface area contributed by atoms with Crippen LogP contribution in [0.1, 0.15) is 28.5 Å². The van der Waals surface area contributed by atoms with Crippen molar-refractivity contribution >= 4 is 16.7 Å². The van der Waals surface area contributed by atoms with E-state index in [0.717, 1.165) is 61.6 Å². The monoisotopic (exact) mass is 405 g/mol. The molecule has 4 rings (SSSR count). The molecule has 0 amide bonds. The Balaban J connectivity index is 1.55. The number of aromatic nitrogens is 1. The number of ether oxygens (including phenoxy) is 1. The predicted octanol–water partition coefficient (Wildman–Crippen LogP) is 3.88. The Morgan fingerprint density at radius 3 is 2.57 bits per heavy atom. The molecular weight excluding hydrogens is 374 g/mol. The van der Waals surface area contributed by atoms with Crippen molar-refractivity contribution < 1.29 is 9.53 Å². The van der Waals surface area contributed by atoms with Crippen molar-refractivity contribution in [3.8, 4) is 0 Å². The summed E-state index contributed by atoms with van der Waals surface area (Å²) in [5, 5.41) is 1.01. The SMILES string of the molecule is Cc1[nH]c2ccccc2c1C(=O)CN(Cc1ccccc1)C(C)CN1CCOCC1. The number of aromatic amines is 1. The number of morpholine rings is 1. The molecule has 5 nitrogen and oxygen atoms in total. The number of nitrogens with one attached hydrogen (secondary N) is 1. The second-order valence-electron chi connectivity index (χ2n) is 8.25. The number of carbonyl (C=O) groups is 1. The predicted molar refractivity (Wildman–Crippen MR) is 121 cm³/mol. The Morgan fingerprint density at radius 2 is 1.80 bits per heavy atom. The summed E-state index contributed by atoms with van der Waals surface area (Å²) in [5.41, 5.74) is 4.02. The van der Waals surface area contributed by atoms with Crippen LogP contribution in [-0.4, -0.2) is 66.0 Å². The van der Waals surface area contributed by atoms with Gasteiger partial charge in [-0.25, -0.2) is 0 Å². The topological polar surface area (TPSA) is 48.6 Å². The summed E-state index contributed by atoms with van der Waals surface area (Å²) in [6.45, 7) is 9.83. The molecule has 3 aromatic rings. The Morgan fingerprint density at radius 1 is 1.10 bits per heavy atom. The third-order valence-electron chi connectivity index (χ3n) is 6.00. The van der Waals surface area contributed by atoms with E-state index in [9.17, 15) is 4.79 Å². The van der Waals surface area contributed by atoms with E-state index < -0.39 is 0 Å². The number of benzene rings is 2. The summed E-state index contributed by atoms with van der Waals surface area (Å²) >= 11 is 0. The highest BCUT2D eigenvalue weighted by molar-refractivity contribution is 6.10. The first kappa shape index (κ1) is 20.8. The van der Waals surface area contributed by atoms with Gasteiger partial charge in [0.15, 0.2) is 5.78 Å². The molecule has 2 heterocycles. The lowest BCUT2D eigenvalue weighted by molar-refractivity contribution is 0.0236. The molecule has 1 aliphatic rings. The fourth-order valence-electron chi connectivity index (χ4n) is 4.36. The lowest BCUT2D eigenvalue weighted by atomic mass is 10.0. The van der Waals surface area contributed by atoms with Crippen LogP contribution in [0.25, 0.3) is 10.9 Å². The number of fused-ring (bicyclic) bond motifs is 1. The van der Waals surface area contributed by atoms with Gasteiger partial charge in [0.2, 0.25) is 0 Å². The Kier molecular flexibility index (Phi) is 6.62. The summed E-state index contributed by atoms with van der Waals surface area (Å²) in [6, 6.07) is 18.7. The molecule has 30 heavy (non-hydrogen) atoms. The lowest BCUT2D eigenvalue weighted by Gasteiger charge is -2.34. The van der Waals surface area contributed by atoms with E-state index in [0.29, 0.717) is 6.54 Å². The number of Topliss-reactive ketones (excluding diaryl/α,β-unsaturated/α-hetero) is 1. The average Bonchev–Trinajstić information content (AvgIpc) is 3.10. The summed E-state index contributed by atoms with van der Waals surface area (Å²) < 4.78 is 5.49. The quantitative estimate of drug-likeness (QED) is 0.578. The second-order valence-corrected chi connectivity index (χ2v) is 8.25. The minimum Gasteiger partial charge on any atom is -0.379 e. The zero-order valence-corrected chi connectivity index (χ0v) is 17.9. The fourth-order valence-corrected chi connectivity index (χ4v) is 4.36. The molecule has 1 aromatic heterocycles. The van der Waals surface area contributed by atoms with Crippen LogP contribution in [0, 0.1) is 6.92 Å². The highest BCUT2D eigenvalue weighted by atomic mass is 16.5. The zero-order chi connectivity index (χ0) is 20.9. The van der Waals surface area contributed by atoms with Gasteiger partial charge >= 0.3 is 0 Å². The summed E-state index contributed by atoms with van der Waals surface area (Å²) in [5.74, 6) is 0.176. The molecule has 1 unspecified atom stereocenters. The standard InChI is InChI=1S/C25H31N3O2/c1-19(16-27-12-14-30-15-13-27)28(17-21-8-4-3-5-9-21)18-24(29)25-20(2)26-23-11-7-6-10-22(23)25/h3-11,19,26H,12-18H2,1-2H3. The van der Waals surface area contributed by atoms with Crippen molar-refractivity contribution in [2.45, 2.75) is 26.4 Å². The molecule has 2 aromatic carbocycles. The van der Waals surface area contributed by atoms with Crippen molar-refractivity contribution in [2.24, 2.45) is 0 Å². The first-order chi connectivity index (χ1) is 14.6. The number of para-hydroxylation sites is 1. The summed E-state index contributed by atoms with van der Waals surface area (Å²) in [6.07, 6.45) is 0. The van der Waals surface area contributed by atoms with Crippen LogP contribution in [0.5, 0.6) is 0 Å². The minimum atomic E-state index is 0.176. The van der Waals surface area contributed by atoms with E-state index >= 15 is 0 Å². The maximum Gasteiger partial charge on any atom is 0.179 e. The molecule has 0 radical (unpaired) electrons. The fraction of sp³-hybridized carbons (Fsp3) is 0.400. The molecule has 5 heteroatoms. The molecule has 0 bridgehead atoms. The Bertz CT molecular complexity index is 976. The van der Waals surface area contributed by atoms with Crippen molar-refractivity contribution in [1.29, 1.82) is 0 Å². The van der Waals surface area contributed by atoms with Gasteiger partial charge in [-0.05, 0) is 25.5 Å². The van der Waals surface area contributed by atoms with Crippen LogP contribution in [0.2, 0.25) is 0 Å². The van der Waals surface area contributed by atoms with Crippen molar-refractivity contribution in [1.82, 2.24) is 14.8 Å². The molecule has 1 aliphatic heterocycles. The largest absolute Gasteiger partial charge is 0.379 e. The molecule has 1 saturated heterocycles. The average molecular weight is 406 g/mol. The minimum absolute atomic E-state index is 0.176. The van der Waals surface area contributed by atoms with Crippen molar-refractivity contribution in [3.05, 3.63) is 71.4 Å². The highest BCUT2D eigenvalue weighted by Crippen LogP contribution is 2.23. The van der Waals surface area contributed by atoms with E-state index in [1.165, 1.54) is 5.56 Å². The maximum absolute atomic E-state index is 13.4. The van der Waals surface area contributed by atoms with E-state index in [-0.39, 0.29) is 11.8 Å². The van der Waals surface area contributed by atoms with Crippen LogP contribution in [-0.2, 0) is 11.3 Å². The number of hydrogen-bond donors (Lipinski definition) is 1. The molecule has 158 valence electrons. The number of carbonyl (C=O) groups excluding carboxylic acids is 1. The molecule has 0 aliphatic carbocycles. The van der Waals surface area contributed by atoms with Crippen LogP contribution >= 0.6 is 0 Å². The van der Waals surface area contributed by atoms with Gasteiger partial charge in [-0.2, -0.15) is 0 Å². The van der Waals surface area contributed by atoms with Gasteiger partial charge in [0.05, 0.1) is 19.8 Å². The molecule has 1 N–H and O–H groups in total. The third kappa shape index (κ3) is 4.81. The maximum atomic E-state index is 13.4. The van der Waals surface area contributed by atoms with Crippen LogP contribution in [0.3, 0.4) is 0 Å². The first-order valence-electron chi connectivity index (χ1n) is 10.8. The van der Waals surface area contributed by atoms with E-state index in [4.69, 9.17) is 4.74 Å². The van der Waals surface area contributed by atoms with Gasteiger partial charge in [-0.15, -0.1) is 0 Å². The summed E-state index contributed by atoms with van der Waals surface area (Å²) in [4.78, 5) is 21.6. The van der Waals surface area contributed by atoms with Crippen molar-refractivity contribution in [2.75, 3.05) is 39.4 Å². The number of hydrogen-bond acceptors (Lipinski definition) is 4. The molecule has 1 atom stereocenters. The highest BCUT2D eigenvalue weighted by Gasteiger charge is 2.24. The molecular formula is C25H31N3O2. The number of rotatable bonds is 8. The lowest BCUT2D eigenvalue weighted by Crippen LogP contribution is -2.47. The van der Waals surface area contributed by atoms with Crippen molar-refractivity contribution in [3.63, 3.8) is 0 Å². The molecule has 0 spiro atoms. The first-order valence-corrected chi connectivity index (χ1v) is 10.8. The smallest absolute Gasteiger partial charge is 0.179 e. The number of H-pyrrole nitrogens is 1. The number of nitrogens with zero attached hydrogens (tertiary/aromatic N) is 2. The van der Waals surface area contributed by atoms with Gasteiger partial charge in [-0.1, -0.05) is 48.5 Å². The van der Waals surface area contributed by atoms with Crippen LogP contribution in [0.15, 0.2) is 54.6 Å². The van der Waals surface area contributed by atoms with Crippen LogP contribution in [0.4, 0.5) is 0 Å². The van der Waals surface area contributed by atoms with E-state index in [1.807, 2.05) is 37.3 Å². The Labute approximate surface area is 178 Å². The second kappa shape index (κ2) is 9.56.